The number of nitrogens with two attached hydrogens (primary N) is 1. The quantitative estimate of drug-likeness (QED) is 0.910. The standard InChI is InChI=1S/C19H23NO4/c1-21-15-6-5-13(10-16(15)22-2)19-14-11-18(24-4)17(23-3)9-12(14)7-8-20-19/h5-6,9-11,19-20H,7-8H2,1-4H3/p+1. The topological polar surface area (TPSA) is 53.5 Å². The first-order valence-electron chi connectivity index (χ1n) is 8.01. The van der Waals surface area contributed by atoms with Crippen molar-refractivity contribution in [1.82, 2.24) is 0 Å². The lowest BCUT2D eigenvalue weighted by molar-refractivity contribution is -0.690. The summed E-state index contributed by atoms with van der Waals surface area (Å²) in [6, 6.07) is 10.5. The highest BCUT2D eigenvalue weighted by atomic mass is 16.5. The third kappa shape index (κ3) is 2.87. The Morgan fingerprint density at radius 3 is 2.08 bits per heavy atom. The molecule has 5 heteroatoms. The van der Waals surface area contributed by atoms with Crippen LogP contribution in [0.2, 0.25) is 0 Å². The van der Waals surface area contributed by atoms with Crippen LogP contribution in [0, 0.1) is 0 Å². The molecule has 2 N–H and O–H groups in total. The summed E-state index contributed by atoms with van der Waals surface area (Å²) >= 11 is 0. The van der Waals surface area contributed by atoms with Gasteiger partial charge in [-0.2, -0.15) is 0 Å². The molecule has 1 aliphatic rings. The third-order valence-corrected chi connectivity index (χ3v) is 4.56. The summed E-state index contributed by atoms with van der Waals surface area (Å²) in [4.78, 5) is 0. The Hall–Kier alpha value is -2.40. The van der Waals surface area contributed by atoms with Crippen LogP contribution in [0.1, 0.15) is 22.7 Å². The average Bonchev–Trinajstić information content (AvgIpc) is 2.65. The molecule has 0 aliphatic carbocycles. The SMILES string of the molecule is COc1ccc(C2[NH2+]CCc3cc(OC)c(OC)cc32)cc1OC. The van der Waals surface area contributed by atoms with Gasteiger partial charge < -0.3 is 24.3 Å². The van der Waals surface area contributed by atoms with Crippen LogP contribution in [0.5, 0.6) is 23.0 Å². The molecule has 0 radical (unpaired) electrons. The summed E-state index contributed by atoms with van der Waals surface area (Å²) in [6.45, 7) is 1.03. The lowest BCUT2D eigenvalue weighted by atomic mass is 9.89. The molecule has 5 nitrogen and oxygen atoms in total. The van der Waals surface area contributed by atoms with Crippen molar-refractivity contribution in [3.05, 3.63) is 47.0 Å². The Bertz CT molecular complexity index is 730. The van der Waals surface area contributed by atoms with Gasteiger partial charge in [0, 0.05) is 17.5 Å². The number of methoxy groups -OCH3 is 4. The van der Waals surface area contributed by atoms with Crippen molar-refractivity contribution in [3.63, 3.8) is 0 Å². The van der Waals surface area contributed by atoms with Crippen LogP contribution < -0.4 is 24.3 Å². The molecule has 0 bridgehead atoms. The van der Waals surface area contributed by atoms with E-state index in [2.05, 4.69) is 23.5 Å². The monoisotopic (exact) mass is 330 g/mol. The smallest absolute Gasteiger partial charge is 0.161 e. The molecule has 0 amide bonds. The highest BCUT2D eigenvalue weighted by Crippen LogP contribution is 2.37. The van der Waals surface area contributed by atoms with Gasteiger partial charge in [0.05, 0.1) is 35.0 Å². The van der Waals surface area contributed by atoms with Gasteiger partial charge in [-0.05, 0) is 35.9 Å². The second-order valence-corrected chi connectivity index (χ2v) is 5.77. The number of benzene rings is 2. The number of hydrogen-bond donors (Lipinski definition) is 1. The predicted molar refractivity (Wildman–Crippen MR) is 91.4 cm³/mol. The van der Waals surface area contributed by atoms with Gasteiger partial charge >= 0.3 is 0 Å². The van der Waals surface area contributed by atoms with E-state index >= 15 is 0 Å². The fourth-order valence-electron chi connectivity index (χ4n) is 3.34. The summed E-state index contributed by atoms with van der Waals surface area (Å²) < 4.78 is 21.7. The van der Waals surface area contributed by atoms with E-state index in [-0.39, 0.29) is 6.04 Å². The summed E-state index contributed by atoms with van der Waals surface area (Å²) in [5.41, 5.74) is 3.74. The zero-order valence-corrected chi connectivity index (χ0v) is 14.6. The molecule has 24 heavy (non-hydrogen) atoms. The van der Waals surface area contributed by atoms with Crippen molar-refractivity contribution >= 4 is 0 Å². The number of ether oxygens (including phenoxy) is 4. The lowest BCUT2D eigenvalue weighted by Crippen LogP contribution is -2.87. The van der Waals surface area contributed by atoms with E-state index in [9.17, 15) is 0 Å². The van der Waals surface area contributed by atoms with Crippen LogP contribution in [0.15, 0.2) is 30.3 Å². The number of hydrogen-bond acceptors (Lipinski definition) is 4. The number of rotatable bonds is 5. The van der Waals surface area contributed by atoms with Crippen LogP contribution in [0.25, 0.3) is 0 Å². The van der Waals surface area contributed by atoms with Gasteiger partial charge in [-0.25, -0.2) is 0 Å². The van der Waals surface area contributed by atoms with E-state index in [1.807, 2.05) is 12.1 Å². The van der Waals surface area contributed by atoms with Gasteiger partial charge in [0.25, 0.3) is 0 Å². The molecular formula is C19H24NO4+. The van der Waals surface area contributed by atoms with Crippen LogP contribution in [-0.4, -0.2) is 35.0 Å². The maximum Gasteiger partial charge on any atom is 0.161 e. The molecule has 3 rings (SSSR count). The molecule has 1 aliphatic heterocycles. The van der Waals surface area contributed by atoms with E-state index in [4.69, 9.17) is 18.9 Å². The van der Waals surface area contributed by atoms with E-state index in [0.717, 1.165) is 36.0 Å². The zero-order valence-electron chi connectivity index (χ0n) is 14.6. The highest BCUT2D eigenvalue weighted by Gasteiger charge is 2.28. The van der Waals surface area contributed by atoms with Gasteiger partial charge in [-0.15, -0.1) is 0 Å². The highest BCUT2D eigenvalue weighted by molar-refractivity contribution is 5.52. The fourth-order valence-corrected chi connectivity index (χ4v) is 3.34. The minimum Gasteiger partial charge on any atom is -0.493 e. The molecular weight excluding hydrogens is 306 g/mol. The molecule has 0 spiro atoms. The minimum absolute atomic E-state index is 0.202. The minimum atomic E-state index is 0.202. The molecule has 0 saturated carbocycles. The predicted octanol–water partition coefficient (Wildman–Crippen LogP) is 1.93. The van der Waals surface area contributed by atoms with Crippen molar-refractivity contribution in [2.75, 3.05) is 35.0 Å². The maximum atomic E-state index is 5.48. The first-order valence-corrected chi connectivity index (χ1v) is 8.01. The van der Waals surface area contributed by atoms with E-state index < -0.39 is 0 Å². The summed E-state index contributed by atoms with van der Waals surface area (Å²) in [7, 11) is 6.65. The Kier molecular flexibility index (Phi) is 4.81. The van der Waals surface area contributed by atoms with Crippen LogP contribution in [0.4, 0.5) is 0 Å². The van der Waals surface area contributed by atoms with Crippen LogP contribution in [0.3, 0.4) is 0 Å². The van der Waals surface area contributed by atoms with Gasteiger partial charge in [-0.1, -0.05) is 0 Å². The molecule has 2 aromatic rings. The normalized spacial score (nSPS) is 16.2. The van der Waals surface area contributed by atoms with E-state index in [1.54, 1.807) is 28.4 Å². The molecule has 0 saturated heterocycles. The lowest BCUT2D eigenvalue weighted by Gasteiger charge is -2.26. The largest absolute Gasteiger partial charge is 0.493 e. The molecule has 128 valence electrons. The van der Waals surface area contributed by atoms with Gasteiger partial charge in [0.2, 0.25) is 0 Å². The van der Waals surface area contributed by atoms with Crippen molar-refractivity contribution < 1.29 is 24.3 Å². The Balaban J connectivity index is 2.06. The van der Waals surface area contributed by atoms with Crippen molar-refractivity contribution in [3.8, 4) is 23.0 Å². The van der Waals surface area contributed by atoms with Crippen molar-refractivity contribution in [2.45, 2.75) is 12.5 Å². The summed E-state index contributed by atoms with van der Waals surface area (Å²) in [5.74, 6) is 3.03. The van der Waals surface area contributed by atoms with Crippen molar-refractivity contribution in [1.29, 1.82) is 0 Å². The second kappa shape index (κ2) is 7.01. The molecule has 1 heterocycles. The molecule has 0 fully saturated rings. The zero-order chi connectivity index (χ0) is 17.1. The molecule has 2 aromatic carbocycles. The van der Waals surface area contributed by atoms with Crippen LogP contribution >= 0.6 is 0 Å². The van der Waals surface area contributed by atoms with Crippen molar-refractivity contribution in [2.24, 2.45) is 0 Å². The number of quaternary nitrogens is 1. The van der Waals surface area contributed by atoms with Gasteiger partial charge in [0.15, 0.2) is 23.0 Å². The fraction of sp³-hybridized carbons (Fsp3) is 0.368. The summed E-state index contributed by atoms with van der Waals surface area (Å²) in [5, 5.41) is 2.34. The maximum absolute atomic E-state index is 5.48. The molecule has 1 atom stereocenters. The Labute approximate surface area is 142 Å². The first kappa shape index (κ1) is 16.5. The Morgan fingerprint density at radius 2 is 1.42 bits per heavy atom. The molecule has 1 unspecified atom stereocenters. The van der Waals surface area contributed by atoms with Gasteiger partial charge in [0.1, 0.15) is 6.04 Å². The number of fused-ring (bicyclic) bond motifs is 1. The molecule has 0 aromatic heterocycles. The summed E-state index contributed by atoms with van der Waals surface area (Å²) in [6.07, 6.45) is 1.01. The second-order valence-electron chi connectivity index (χ2n) is 5.77. The van der Waals surface area contributed by atoms with E-state index in [0.29, 0.717) is 0 Å². The van der Waals surface area contributed by atoms with Crippen LogP contribution in [-0.2, 0) is 6.42 Å². The average molecular weight is 330 g/mol. The third-order valence-electron chi connectivity index (χ3n) is 4.56. The Morgan fingerprint density at radius 1 is 0.792 bits per heavy atom. The van der Waals surface area contributed by atoms with E-state index in [1.165, 1.54) is 16.7 Å². The first-order chi connectivity index (χ1) is 11.7. The van der Waals surface area contributed by atoms with Gasteiger partial charge in [-0.3, -0.25) is 0 Å².